The minimum absolute atomic E-state index is 0.437. The Morgan fingerprint density at radius 3 is 2.59 bits per heavy atom. The van der Waals surface area contributed by atoms with Crippen LogP contribution in [0.2, 0.25) is 10.0 Å². The number of benzene rings is 1. The lowest BCUT2D eigenvalue weighted by Crippen LogP contribution is -2.28. The number of thiazole rings is 1. The third-order valence-corrected chi connectivity index (χ3v) is 4.01. The summed E-state index contributed by atoms with van der Waals surface area (Å²) in [5, 5.41) is 4.11. The molecule has 0 spiro atoms. The van der Waals surface area contributed by atoms with Crippen LogP contribution in [0.4, 0.5) is 0 Å². The molecule has 0 bridgehead atoms. The summed E-state index contributed by atoms with van der Waals surface area (Å²) in [7, 11) is 0. The largest absolute Gasteiger partial charge is 0.320 e. The predicted molar refractivity (Wildman–Crippen MR) is 74.8 cm³/mol. The van der Waals surface area contributed by atoms with Gasteiger partial charge in [0.05, 0.1) is 16.3 Å². The summed E-state index contributed by atoms with van der Waals surface area (Å²) in [6, 6.07) is 5.34. The molecule has 0 fully saturated rings. The summed E-state index contributed by atoms with van der Waals surface area (Å²) in [5.74, 6) is 0. The van der Waals surface area contributed by atoms with Gasteiger partial charge < -0.3 is 5.73 Å². The highest BCUT2D eigenvalue weighted by atomic mass is 35.5. The van der Waals surface area contributed by atoms with Crippen LogP contribution in [0.25, 0.3) is 11.3 Å². The molecule has 0 radical (unpaired) electrons. The maximum Gasteiger partial charge on any atom is 0.113 e. The molecule has 0 unspecified atom stereocenters. The van der Waals surface area contributed by atoms with E-state index in [0.29, 0.717) is 10.0 Å². The van der Waals surface area contributed by atoms with Crippen molar-refractivity contribution in [1.29, 1.82) is 0 Å². The van der Waals surface area contributed by atoms with Gasteiger partial charge in [-0.2, -0.15) is 0 Å². The molecule has 2 aromatic rings. The maximum absolute atomic E-state index is 6.13. The van der Waals surface area contributed by atoms with E-state index in [1.54, 1.807) is 12.1 Å². The van der Waals surface area contributed by atoms with Gasteiger partial charge in [-0.05, 0) is 32.0 Å². The molecule has 5 heteroatoms. The standard InChI is InChI=1S/C12H12Cl2N2S/c1-12(2,15)11-16-10(6-17-11)8-5-7(13)3-4-9(8)14/h3-6H,15H2,1-2H3. The topological polar surface area (TPSA) is 38.9 Å². The molecule has 0 aliphatic heterocycles. The van der Waals surface area contributed by atoms with E-state index in [1.807, 2.05) is 25.3 Å². The van der Waals surface area contributed by atoms with E-state index in [4.69, 9.17) is 28.9 Å². The van der Waals surface area contributed by atoms with E-state index in [9.17, 15) is 0 Å². The second-order valence-corrected chi connectivity index (χ2v) is 6.09. The first-order valence-electron chi connectivity index (χ1n) is 5.08. The van der Waals surface area contributed by atoms with Gasteiger partial charge in [-0.3, -0.25) is 0 Å². The molecule has 2 N–H and O–H groups in total. The Morgan fingerprint density at radius 2 is 2.00 bits per heavy atom. The van der Waals surface area contributed by atoms with E-state index in [0.717, 1.165) is 16.3 Å². The number of nitrogens with zero attached hydrogens (tertiary/aromatic N) is 1. The smallest absolute Gasteiger partial charge is 0.113 e. The molecule has 0 aliphatic rings. The maximum atomic E-state index is 6.13. The summed E-state index contributed by atoms with van der Waals surface area (Å²) in [6.07, 6.45) is 0. The van der Waals surface area contributed by atoms with Crippen molar-refractivity contribution in [3.8, 4) is 11.3 Å². The number of hydrogen-bond acceptors (Lipinski definition) is 3. The number of rotatable bonds is 2. The molecule has 0 amide bonds. The van der Waals surface area contributed by atoms with Gasteiger partial charge >= 0.3 is 0 Å². The first-order chi connectivity index (χ1) is 7.88. The minimum atomic E-state index is -0.437. The molecule has 1 aromatic heterocycles. The zero-order chi connectivity index (χ0) is 12.6. The van der Waals surface area contributed by atoms with Crippen molar-refractivity contribution < 1.29 is 0 Å². The fourth-order valence-corrected chi connectivity index (χ4v) is 2.63. The van der Waals surface area contributed by atoms with E-state index < -0.39 is 5.54 Å². The second-order valence-electron chi connectivity index (χ2n) is 4.38. The highest BCUT2D eigenvalue weighted by molar-refractivity contribution is 7.10. The van der Waals surface area contributed by atoms with Gasteiger partial charge in [0.25, 0.3) is 0 Å². The van der Waals surface area contributed by atoms with Crippen molar-refractivity contribution in [3.05, 3.63) is 38.6 Å². The summed E-state index contributed by atoms with van der Waals surface area (Å²) < 4.78 is 0. The Balaban J connectivity index is 2.47. The lowest BCUT2D eigenvalue weighted by atomic mass is 10.1. The first kappa shape index (κ1) is 12.8. The van der Waals surface area contributed by atoms with Gasteiger partial charge in [-0.25, -0.2) is 4.98 Å². The fraction of sp³-hybridized carbons (Fsp3) is 0.250. The van der Waals surface area contributed by atoms with Gasteiger partial charge in [0, 0.05) is 16.0 Å². The van der Waals surface area contributed by atoms with E-state index >= 15 is 0 Å². The number of aromatic nitrogens is 1. The van der Waals surface area contributed by atoms with Crippen LogP contribution in [0.3, 0.4) is 0 Å². The molecular weight excluding hydrogens is 275 g/mol. The van der Waals surface area contributed by atoms with Crippen LogP contribution in [0.5, 0.6) is 0 Å². The first-order valence-corrected chi connectivity index (χ1v) is 6.72. The average molecular weight is 287 g/mol. The van der Waals surface area contributed by atoms with Crippen molar-refractivity contribution >= 4 is 34.5 Å². The van der Waals surface area contributed by atoms with Gasteiger partial charge in [-0.15, -0.1) is 11.3 Å². The van der Waals surface area contributed by atoms with Crippen molar-refractivity contribution in [2.24, 2.45) is 5.73 Å². The van der Waals surface area contributed by atoms with E-state index in [-0.39, 0.29) is 0 Å². The van der Waals surface area contributed by atoms with Crippen LogP contribution in [0, 0.1) is 0 Å². The van der Waals surface area contributed by atoms with Crippen LogP contribution in [-0.4, -0.2) is 4.98 Å². The normalized spacial score (nSPS) is 11.8. The van der Waals surface area contributed by atoms with Crippen LogP contribution < -0.4 is 5.73 Å². The third-order valence-electron chi connectivity index (χ3n) is 2.26. The Kier molecular flexibility index (Phi) is 3.46. The number of nitrogens with two attached hydrogens (primary N) is 1. The van der Waals surface area contributed by atoms with Crippen LogP contribution in [0.1, 0.15) is 18.9 Å². The van der Waals surface area contributed by atoms with Gasteiger partial charge in [0.2, 0.25) is 0 Å². The van der Waals surface area contributed by atoms with Crippen LogP contribution in [-0.2, 0) is 5.54 Å². The predicted octanol–water partition coefficient (Wildman–Crippen LogP) is 4.31. The lowest BCUT2D eigenvalue weighted by Gasteiger charge is -2.13. The van der Waals surface area contributed by atoms with Crippen molar-refractivity contribution in [2.45, 2.75) is 19.4 Å². The Labute approximate surface area is 114 Å². The fourth-order valence-electron chi connectivity index (χ4n) is 1.39. The summed E-state index contributed by atoms with van der Waals surface area (Å²) in [6.45, 7) is 3.85. The summed E-state index contributed by atoms with van der Waals surface area (Å²) in [4.78, 5) is 4.50. The highest BCUT2D eigenvalue weighted by Crippen LogP contribution is 2.33. The highest BCUT2D eigenvalue weighted by Gasteiger charge is 2.19. The van der Waals surface area contributed by atoms with E-state index in [1.165, 1.54) is 11.3 Å². The van der Waals surface area contributed by atoms with E-state index in [2.05, 4.69) is 4.98 Å². The monoisotopic (exact) mass is 286 g/mol. The molecule has 90 valence electrons. The van der Waals surface area contributed by atoms with Crippen LogP contribution >= 0.6 is 34.5 Å². The Bertz CT molecular complexity index is 544. The van der Waals surface area contributed by atoms with Crippen molar-refractivity contribution in [1.82, 2.24) is 4.98 Å². The molecule has 0 atom stereocenters. The Morgan fingerprint density at radius 1 is 1.29 bits per heavy atom. The SMILES string of the molecule is CC(C)(N)c1nc(-c2cc(Cl)ccc2Cl)cs1. The van der Waals surface area contributed by atoms with Crippen molar-refractivity contribution in [3.63, 3.8) is 0 Å². The molecule has 0 saturated carbocycles. The zero-order valence-electron chi connectivity index (χ0n) is 9.50. The third kappa shape index (κ3) is 2.80. The molecule has 17 heavy (non-hydrogen) atoms. The second kappa shape index (κ2) is 4.58. The molecular formula is C12H12Cl2N2S. The summed E-state index contributed by atoms with van der Waals surface area (Å²) in [5.41, 5.74) is 7.22. The minimum Gasteiger partial charge on any atom is -0.320 e. The average Bonchev–Trinajstić information content (AvgIpc) is 2.70. The molecule has 1 heterocycles. The van der Waals surface area contributed by atoms with Gasteiger partial charge in [0.1, 0.15) is 5.01 Å². The van der Waals surface area contributed by atoms with Gasteiger partial charge in [0.15, 0.2) is 0 Å². The Hall–Kier alpha value is -0.610. The molecule has 0 aliphatic carbocycles. The molecule has 1 aromatic carbocycles. The van der Waals surface area contributed by atoms with Crippen molar-refractivity contribution in [2.75, 3.05) is 0 Å². The van der Waals surface area contributed by atoms with Crippen LogP contribution in [0.15, 0.2) is 23.6 Å². The lowest BCUT2D eigenvalue weighted by molar-refractivity contribution is 0.551. The molecule has 2 nitrogen and oxygen atoms in total. The zero-order valence-corrected chi connectivity index (χ0v) is 11.8. The number of halogens is 2. The molecule has 0 saturated heterocycles. The summed E-state index contributed by atoms with van der Waals surface area (Å²) >= 11 is 13.6. The van der Waals surface area contributed by atoms with Gasteiger partial charge in [-0.1, -0.05) is 23.2 Å². The quantitative estimate of drug-likeness (QED) is 0.893. The number of hydrogen-bond donors (Lipinski definition) is 1. The molecule has 2 rings (SSSR count).